The van der Waals surface area contributed by atoms with Crippen LogP contribution in [0.2, 0.25) is 0 Å². The molecule has 4 heteroatoms. The van der Waals surface area contributed by atoms with Crippen LogP contribution in [0, 0.1) is 17.3 Å². The Labute approximate surface area is 124 Å². The lowest BCUT2D eigenvalue weighted by Crippen LogP contribution is -2.46. The van der Waals surface area contributed by atoms with Crippen molar-refractivity contribution >= 4 is 18.3 Å². The SMILES string of the molecule is CCC(CC)(CN)C(=O)N1CCC(CC(C)C)C1.Cl. The number of nitrogens with zero attached hydrogens (tertiary/aromatic N) is 1. The highest BCUT2D eigenvalue weighted by atomic mass is 35.5. The second-order valence-electron chi connectivity index (χ2n) is 6.23. The third-order valence-electron chi connectivity index (χ3n) is 4.58. The molecule has 19 heavy (non-hydrogen) atoms. The average Bonchev–Trinajstić information content (AvgIpc) is 2.79. The fourth-order valence-electron chi connectivity index (χ4n) is 3.14. The molecule has 1 unspecified atom stereocenters. The van der Waals surface area contributed by atoms with Crippen LogP contribution in [0.4, 0.5) is 0 Å². The first-order chi connectivity index (χ1) is 8.49. The Bertz CT molecular complexity index is 269. The van der Waals surface area contributed by atoms with Crippen molar-refractivity contribution in [2.24, 2.45) is 23.0 Å². The molecule has 1 aliphatic rings. The van der Waals surface area contributed by atoms with Gasteiger partial charge in [-0.3, -0.25) is 4.79 Å². The first-order valence-electron chi connectivity index (χ1n) is 7.48. The normalized spacial score (nSPS) is 19.7. The molecule has 1 rings (SSSR count). The summed E-state index contributed by atoms with van der Waals surface area (Å²) >= 11 is 0. The second-order valence-corrected chi connectivity index (χ2v) is 6.23. The topological polar surface area (TPSA) is 46.3 Å². The molecule has 1 heterocycles. The van der Waals surface area contributed by atoms with Gasteiger partial charge in [-0.15, -0.1) is 12.4 Å². The third kappa shape index (κ3) is 4.35. The molecule has 0 aliphatic carbocycles. The van der Waals surface area contributed by atoms with Crippen molar-refractivity contribution in [3.8, 4) is 0 Å². The predicted molar refractivity (Wildman–Crippen MR) is 83.5 cm³/mol. The minimum absolute atomic E-state index is 0. The molecule has 0 radical (unpaired) electrons. The number of carbonyl (C=O) groups excluding carboxylic acids is 1. The van der Waals surface area contributed by atoms with Gasteiger partial charge >= 0.3 is 0 Å². The first kappa shape index (κ1) is 18.7. The molecule has 1 aliphatic heterocycles. The van der Waals surface area contributed by atoms with Crippen LogP contribution in [0.1, 0.15) is 53.4 Å². The lowest BCUT2D eigenvalue weighted by molar-refractivity contribution is -0.141. The maximum Gasteiger partial charge on any atom is 0.230 e. The van der Waals surface area contributed by atoms with Gasteiger partial charge in [0.1, 0.15) is 0 Å². The van der Waals surface area contributed by atoms with E-state index in [1.54, 1.807) is 0 Å². The molecule has 3 nitrogen and oxygen atoms in total. The molecule has 0 bridgehead atoms. The Hall–Kier alpha value is -0.280. The Morgan fingerprint density at radius 3 is 2.37 bits per heavy atom. The van der Waals surface area contributed by atoms with Crippen molar-refractivity contribution in [2.75, 3.05) is 19.6 Å². The van der Waals surface area contributed by atoms with Crippen LogP contribution in [0.3, 0.4) is 0 Å². The van der Waals surface area contributed by atoms with Gasteiger partial charge in [-0.1, -0.05) is 27.7 Å². The average molecular weight is 291 g/mol. The van der Waals surface area contributed by atoms with Crippen LogP contribution in [0.5, 0.6) is 0 Å². The predicted octanol–water partition coefficient (Wildman–Crippen LogP) is 3.07. The first-order valence-corrected chi connectivity index (χ1v) is 7.48. The minimum atomic E-state index is -0.313. The quantitative estimate of drug-likeness (QED) is 0.817. The van der Waals surface area contributed by atoms with Crippen molar-refractivity contribution < 1.29 is 4.79 Å². The van der Waals surface area contributed by atoms with Gasteiger partial charge in [0, 0.05) is 19.6 Å². The van der Waals surface area contributed by atoms with Gasteiger partial charge in [0.05, 0.1) is 5.41 Å². The maximum atomic E-state index is 12.6. The van der Waals surface area contributed by atoms with Crippen LogP contribution in [0.15, 0.2) is 0 Å². The van der Waals surface area contributed by atoms with E-state index >= 15 is 0 Å². The highest BCUT2D eigenvalue weighted by molar-refractivity contribution is 5.85. The molecule has 0 aromatic heterocycles. The van der Waals surface area contributed by atoms with E-state index in [2.05, 4.69) is 32.6 Å². The summed E-state index contributed by atoms with van der Waals surface area (Å²) in [6.45, 7) is 11.0. The summed E-state index contributed by atoms with van der Waals surface area (Å²) in [4.78, 5) is 14.7. The standard InChI is InChI=1S/C15H30N2O.ClH/c1-5-15(6-2,11-16)14(18)17-8-7-13(10-17)9-12(3)4;/h12-13H,5-11,16H2,1-4H3;1H. The Morgan fingerprint density at radius 2 is 1.95 bits per heavy atom. The molecule has 0 spiro atoms. The van der Waals surface area contributed by atoms with Gasteiger partial charge in [0.15, 0.2) is 0 Å². The molecular formula is C15H31ClN2O. The zero-order chi connectivity index (χ0) is 13.8. The molecule has 0 aromatic carbocycles. The van der Waals surface area contributed by atoms with Crippen LogP contribution >= 0.6 is 12.4 Å². The molecule has 1 saturated heterocycles. The third-order valence-corrected chi connectivity index (χ3v) is 4.58. The van der Waals surface area contributed by atoms with Crippen molar-refractivity contribution in [3.05, 3.63) is 0 Å². The smallest absolute Gasteiger partial charge is 0.230 e. The fourth-order valence-corrected chi connectivity index (χ4v) is 3.14. The number of rotatable bonds is 6. The number of hydrogen-bond donors (Lipinski definition) is 1. The van der Waals surface area contributed by atoms with Gasteiger partial charge in [0.2, 0.25) is 5.91 Å². The van der Waals surface area contributed by atoms with E-state index in [-0.39, 0.29) is 17.8 Å². The summed E-state index contributed by atoms with van der Waals surface area (Å²) in [6, 6.07) is 0. The van der Waals surface area contributed by atoms with Gasteiger partial charge in [-0.2, -0.15) is 0 Å². The Kier molecular flexibility index (Phi) is 7.99. The number of carbonyl (C=O) groups is 1. The van der Waals surface area contributed by atoms with Gasteiger partial charge in [-0.25, -0.2) is 0 Å². The van der Waals surface area contributed by atoms with E-state index < -0.39 is 0 Å². The van der Waals surface area contributed by atoms with Gasteiger partial charge < -0.3 is 10.6 Å². The number of halogens is 1. The monoisotopic (exact) mass is 290 g/mol. The lowest BCUT2D eigenvalue weighted by atomic mass is 9.81. The van der Waals surface area contributed by atoms with Gasteiger partial charge in [-0.05, 0) is 37.5 Å². The van der Waals surface area contributed by atoms with Gasteiger partial charge in [0.25, 0.3) is 0 Å². The van der Waals surface area contributed by atoms with Crippen molar-refractivity contribution in [1.82, 2.24) is 4.90 Å². The van der Waals surface area contributed by atoms with E-state index in [0.29, 0.717) is 18.4 Å². The molecule has 0 saturated carbocycles. The zero-order valence-corrected chi connectivity index (χ0v) is 13.8. The number of hydrogen-bond acceptors (Lipinski definition) is 2. The van der Waals surface area contributed by atoms with Crippen LogP contribution < -0.4 is 5.73 Å². The van der Waals surface area contributed by atoms with E-state index in [9.17, 15) is 4.79 Å². The summed E-state index contributed by atoms with van der Waals surface area (Å²) in [5.74, 6) is 1.71. The van der Waals surface area contributed by atoms with Crippen LogP contribution in [0.25, 0.3) is 0 Å². The molecule has 1 fully saturated rings. The zero-order valence-electron chi connectivity index (χ0n) is 12.9. The molecule has 2 N–H and O–H groups in total. The van der Waals surface area contributed by atoms with Crippen molar-refractivity contribution in [1.29, 1.82) is 0 Å². The summed E-state index contributed by atoms with van der Waals surface area (Å²) in [6.07, 6.45) is 4.10. The summed E-state index contributed by atoms with van der Waals surface area (Å²) in [7, 11) is 0. The highest BCUT2D eigenvalue weighted by Gasteiger charge is 2.39. The summed E-state index contributed by atoms with van der Waals surface area (Å²) in [5.41, 5.74) is 5.55. The second kappa shape index (κ2) is 8.11. The molecule has 0 aromatic rings. The van der Waals surface area contributed by atoms with E-state index in [1.807, 2.05) is 0 Å². The summed E-state index contributed by atoms with van der Waals surface area (Å²) < 4.78 is 0. The van der Waals surface area contributed by atoms with Crippen LogP contribution in [-0.4, -0.2) is 30.4 Å². The Balaban J connectivity index is 0.00000324. The summed E-state index contributed by atoms with van der Waals surface area (Å²) in [5, 5.41) is 0. The molecule has 1 atom stereocenters. The van der Waals surface area contributed by atoms with E-state index in [4.69, 9.17) is 5.73 Å². The maximum absolute atomic E-state index is 12.6. The number of likely N-dealkylation sites (tertiary alicyclic amines) is 1. The van der Waals surface area contributed by atoms with Crippen molar-refractivity contribution in [3.63, 3.8) is 0 Å². The van der Waals surface area contributed by atoms with E-state index in [1.165, 1.54) is 6.42 Å². The minimum Gasteiger partial charge on any atom is -0.342 e. The van der Waals surface area contributed by atoms with Crippen LogP contribution in [-0.2, 0) is 4.79 Å². The number of nitrogens with two attached hydrogens (primary N) is 1. The van der Waals surface area contributed by atoms with E-state index in [0.717, 1.165) is 38.3 Å². The molecular weight excluding hydrogens is 260 g/mol. The fraction of sp³-hybridized carbons (Fsp3) is 0.933. The Morgan fingerprint density at radius 1 is 1.37 bits per heavy atom. The highest BCUT2D eigenvalue weighted by Crippen LogP contribution is 2.31. The lowest BCUT2D eigenvalue weighted by Gasteiger charge is -2.33. The van der Waals surface area contributed by atoms with Crippen molar-refractivity contribution in [2.45, 2.75) is 53.4 Å². The molecule has 114 valence electrons. The largest absolute Gasteiger partial charge is 0.342 e. The number of amides is 1. The molecule has 1 amide bonds.